The number of fused-ring (bicyclic) bond motifs is 4. The summed E-state index contributed by atoms with van der Waals surface area (Å²) in [5.41, 5.74) is 21.0. The van der Waals surface area contributed by atoms with Crippen LogP contribution in [0.5, 0.6) is 0 Å². The van der Waals surface area contributed by atoms with E-state index in [9.17, 15) is 5.11 Å². The molecule has 9 atom stereocenters. The standard InChI is InChI=1S/C12H16ClN5O.C10H12ClN5O3.C7H13ClO.C5H2Cl2N4.C5H3ClN5.2CH4.Na/c1-3-7-6(2)4-8(19-7)18-5-15-9-10(14)16-12(13)17-11(9)18;11-10-14-8(12)7-9(15-10)16(3-13-7)6-1-4(18)5(2-17)19-6;1-3-6-5(2)4-7(8)9-6;6-3-2-4(9-1-8-2)11-5(7)10-3;6-5-10-3(7)2-4(11-5)9-1-8-2;;;/h5-8H,3-4H2,1-2H3,(H2,14,16,17);3-6,17-18H,1-2H2,(H2,12,14,15);5-7H,3-4H2,1-2H3;1H,(H,8,9,10,11);1H,(H2-,7,8,9,10,11);2*1H4;/q;;;;-1;;;+1/t6-,7-,8-;4-,5-,6-;5-,6-,7+;;;;;/m111...../s1. The molecule has 31 heteroatoms. The fourth-order valence-electron chi connectivity index (χ4n) is 7.71. The number of hydrogen-bond acceptors (Lipinski definition) is 20. The fraction of sp³-hybridized carbons (Fsp3) is 0.512. The Morgan fingerprint density at radius 1 is 0.667 bits per heavy atom. The van der Waals surface area contributed by atoms with Crippen LogP contribution in [0.3, 0.4) is 0 Å². The van der Waals surface area contributed by atoms with E-state index in [2.05, 4.69) is 97.5 Å². The molecule has 386 valence electrons. The minimum Gasteiger partial charge on any atom is -0.394 e. The van der Waals surface area contributed by atoms with E-state index in [1.54, 1.807) is 10.9 Å². The molecule has 3 saturated heterocycles. The third-order valence-electron chi connectivity index (χ3n) is 11.2. The molecule has 3 aliphatic heterocycles. The Kier molecular flexibility index (Phi) is 22.8. The third-order valence-corrected chi connectivity index (χ3v) is 12.4. The van der Waals surface area contributed by atoms with E-state index in [1.165, 1.54) is 19.0 Å². The van der Waals surface area contributed by atoms with Gasteiger partial charge >= 0.3 is 29.6 Å². The third kappa shape index (κ3) is 14.3. The minimum atomic E-state index is -0.734. The van der Waals surface area contributed by atoms with Crippen LogP contribution in [0.15, 0.2) is 25.3 Å². The molecule has 8 aromatic heterocycles. The van der Waals surface area contributed by atoms with Crippen LogP contribution in [-0.4, -0.2) is 121 Å². The van der Waals surface area contributed by atoms with E-state index in [-0.39, 0.29) is 107 Å². The van der Waals surface area contributed by atoms with Gasteiger partial charge in [-0.1, -0.05) is 77.4 Å². The summed E-state index contributed by atoms with van der Waals surface area (Å²) in [4.78, 5) is 53.7. The Morgan fingerprint density at radius 3 is 1.67 bits per heavy atom. The van der Waals surface area contributed by atoms with Crippen LogP contribution in [0.1, 0.15) is 87.1 Å². The number of nitrogens with one attached hydrogen (secondary N) is 1. The van der Waals surface area contributed by atoms with Gasteiger partial charge in [0.15, 0.2) is 39.0 Å². The average Bonchev–Trinajstić information content (AvgIpc) is 4.16. The van der Waals surface area contributed by atoms with Gasteiger partial charge in [0.1, 0.15) is 46.5 Å². The Hall–Kier alpha value is -3.86. The van der Waals surface area contributed by atoms with Crippen LogP contribution in [0, 0.1) is 11.8 Å². The molecule has 0 aliphatic carbocycles. The number of aromatic amines is 1. The second kappa shape index (κ2) is 27.1. The van der Waals surface area contributed by atoms with E-state index in [0.717, 1.165) is 25.7 Å². The monoisotopic (exact) mass is 1130 g/mol. The molecule has 11 heterocycles. The number of nitrogen functional groups attached to an aromatic ring is 3. The molecule has 24 nitrogen and oxygen atoms in total. The first-order valence-electron chi connectivity index (χ1n) is 21.3. The second-order valence-electron chi connectivity index (χ2n) is 15.8. The van der Waals surface area contributed by atoms with Gasteiger partial charge in [-0.05, 0) is 78.6 Å². The molecule has 0 amide bonds. The van der Waals surface area contributed by atoms with Crippen molar-refractivity contribution >= 4 is 132 Å². The molecule has 11 rings (SSSR count). The van der Waals surface area contributed by atoms with Gasteiger partial charge in [0.25, 0.3) is 0 Å². The van der Waals surface area contributed by atoms with E-state index in [0.29, 0.717) is 74.8 Å². The first-order chi connectivity index (χ1) is 33.0. The van der Waals surface area contributed by atoms with Crippen molar-refractivity contribution in [1.82, 2.24) is 78.9 Å². The normalized spacial score (nSPS) is 23.1. The smallest absolute Gasteiger partial charge is 0.394 e. The molecule has 0 saturated carbocycles. The maximum atomic E-state index is 9.74. The maximum absolute atomic E-state index is 9.74. The Bertz CT molecular complexity index is 2820. The predicted octanol–water partition coefficient (Wildman–Crippen LogP) is 4.64. The van der Waals surface area contributed by atoms with Gasteiger partial charge in [-0.25, -0.2) is 24.9 Å². The maximum Gasteiger partial charge on any atom is 1.00 e. The Labute approximate surface area is 465 Å². The van der Waals surface area contributed by atoms with Crippen molar-refractivity contribution in [3.8, 4) is 0 Å². The molecule has 72 heavy (non-hydrogen) atoms. The van der Waals surface area contributed by atoms with E-state index < -0.39 is 18.4 Å². The predicted molar refractivity (Wildman–Crippen MR) is 273 cm³/mol. The summed E-state index contributed by atoms with van der Waals surface area (Å²) < 4.78 is 20.5. The van der Waals surface area contributed by atoms with Crippen LogP contribution in [0.2, 0.25) is 26.3 Å². The number of imidazole rings is 4. The Balaban J connectivity index is 0.000000199. The first-order valence-corrected chi connectivity index (χ1v) is 23.6. The number of H-pyrrole nitrogens is 1. The van der Waals surface area contributed by atoms with E-state index in [1.807, 2.05) is 4.57 Å². The number of rotatable bonds is 5. The van der Waals surface area contributed by atoms with Crippen LogP contribution in [0.4, 0.5) is 17.5 Å². The van der Waals surface area contributed by atoms with Gasteiger partial charge in [-0.2, -0.15) is 24.9 Å². The number of alkyl halides is 1. The molecule has 0 unspecified atom stereocenters. The molecular formula is C41H54Cl6N19NaO5. The largest absolute Gasteiger partial charge is 1.00 e. The number of halogens is 6. The summed E-state index contributed by atoms with van der Waals surface area (Å²) in [6.07, 6.45) is 9.23. The van der Waals surface area contributed by atoms with Crippen molar-refractivity contribution in [3.63, 3.8) is 0 Å². The number of hydrogen-bond donors (Lipinski definition) is 6. The topological polar surface area (TPSA) is 341 Å². The van der Waals surface area contributed by atoms with Gasteiger partial charge in [0.05, 0.1) is 43.9 Å². The quantitative estimate of drug-likeness (QED) is 0.0592. The number of ether oxygens (including phenoxy) is 3. The molecular weight excluding hydrogens is 1070 g/mol. The number of anilines is 3. The summed E-state index contributed by atoms with van der Waals surface area (Å²) in [5.74, 6) is 1.91. The van der Waals surface area contributed by atoms with Crippen molar-refractivity contribution in [2.75, 3.05) is 23.8 Å². The van der Waals surface area contributed by atoms with Crippen LogP contribution < -0.4 is 51.7 Å². The number of aromatic nitrogens is 16. The van der Waals surface area contributed by atoms with Gasteiger partial charge in [-0.15, -0.1) is 0 Å². The van der Waals surface area contributed by atoms with Gasteiger partial charge in [0, 0.05) is 17.6 Å². The van der Waals surface area contributed by atoms with Crippen molar-refractivity contribution in [3.05, 3.63) is 51.6 Å². The molecule has 0 aromatic carbocycles. The average molecular weight is 1130 g/mol. The van der Waals surface area contributed by atoms with Crippen molar-refractivity contribution in [2.45, 2.75) is 117 Å². The fourth-order valence-corrected chi connectivity index (χ4v) is 9.07. The summed E-state index contributed by atoms with van der Waals surface area (Å²) in [5, 5.41) is 19.4. The molecule has 9 N–H and O–H groups in total. The summed E-state index contributed by atoms with van der Waals surface area (Å²) >= 11 is 34.1. The summed E-state index contributed by atoms with van der Waals surface area (Å²) in [6, 6.07) is 0. The van der Waals surface area contributed by atoms with Crippen molar-refractivity contribution in [1.29, 1.82) is 0 Å². The van der Waals surface area contributed by atoms with E-state index >= 15 is 0 Å². The molecule has 0 spiro atoms. The molecule has 3 fully saturated rings. The molecule has 0 bridgehead atoms. The zero-order chi connectivity index (χ0) is 49.7. The van der Waals surface area contributed by atoms with Crippen LogP contribution in [0.25, 0.3) is 44.7 Å². The Morgan fingerprint density at radius 2 is 1.17 bits per heavy atom. The van der Waals surface area contributed by atoms with Crippen molar-refractivity contribution in [2.24, 2.45) is 11.8 Å². The van der Waals surface area contributed by atoms with Crippen molar-refractivity contribution < 1.29 is 54.0 Å². The molecule has 0 radical (unpaired) electrons. The van der Waals surface area contributed by atoms with E-state index in [4.69, 9.17) is 106 Å². The van der Waals surface area contributed by atoms with Gasteiger partial charge < -0.3 is 61.6 Å². The molecule has 3 aliphatic rings. The number of aliphatic hydroxyl groups is 2. The van der Waals surface area contributed by atoms with Crippen LogP contribution >= 0.6 is 69.6 Å². The molecule has 8 aromatic rings. The van der Waals surface area contributed by atoms with Gasteiger partial charge in [-0.3, -0.25) is 9.13 Å². The SMILES string of the molecule is C.C.CC[C@H]1O[C@@H](n2cnc3c(N)nc(Cl)nc32)C[C@H]1C.CC[C@H]1O[C@H](Cl)C[C@H]1C.Clc1nc(Cl)c2[nH]cnc2n1.Nc1nc(Cl)nc2[n-]cnc12.Nc1nc(Cl)nc2c1ncn2[C@H]1C[C@@H](O)[C@@H](CO)O1.[Na+]. The second-order valence-corrected chi connectivity index (χ2v) is 18.0. The van der Waals surface area contributed by atoms with Crippen LogP contribution in [-0.2, 0) is 14.2 Å². The van der Waals surface area contributed by atoms with Gasteiger partial charge in [0.2, 0.25) is 15.9 Å². The minimum absolute atomic E-state index is 0. The zero-order valence-corrected chi connectivity index (χ0v) is 44.6. The number of nitrogens with zero attached hydrogens (tertiary/aromatic N) is 15. The summed E-state index contributed by atoms with van der Waals surface area (Å²) in [7, 11) is 0. The zero-order valence-electron chi connectivity index (χ0n) is 38.1. The summed E-state index contributed by atoms with van der Waals surface area (Å²) in [6.45, 7) is 8.41. The first kappa shape index (κ1) is 60.7. The number of nitrogens with two attached hydrogens (primary N) is 3. The number of aliphatic hydroxyl groups excluding tert-OH is 2.